The molecule has 1 aromatic rings. The molecule has 1 aliphatic heterocycles. The van der Waals surface area contributed by atoms with E-state index in [4.69, 9.17) is 0 Å². The SMILES string of the molecule is CCC[C@H](NC(=O)[C@@H]1[C@@H]2C(CN1C(=O)[C@@H](NC(=O)C(NC(=O)c1cnccn1)C1CCCCC1)C(C)(C)C)CC2(C)C)C(=O)C(=O)NC1CC1. The van der Waals surface area contributed by atoms with Gasteiger partial charge >= 0.3 is 0 Å². The van der Waals surface area contributed by atoms with E-state index in [1.54, 1.807) is 4.90 Å². The molecule has 3 aliphatic carbocycles. The number of aromatic nitrogens is 2. The molecule has 4 fully saturated rings. The quantitative estimate of drug-likeness (QED) is 0.228. The summed E-state index contributed by atoms with van der Waals surface area (Å²) in [5, 5.41) is 11.5. The molecular weight excluding hydrogens is 638 g/mol. The van der Waals surface area contributed by atoms with E-state index < -0.39 is 59.0 Å². The number of amides is 5. The predicted octanol–water partition coefficient (Wildman–Crippen LogP) is 2.69. The van der Waals surface area contributed by atoms with Gasteiger partial charge in [0.25, 0.3) is 11.8 Å². The molecule has 2 unspecified atom stereocenters. The Hall–Kier alpha value is -3.90. The van der Waals surface area contributed by atoms with Crippen LogP contribution in [-0.4, -0.2) is 86.9 Å². The van der Waals surface area contributed by atoms with Gasteiger partial charge in [0.05, 0.1) is 12.2 Å². The Morgan fingerprint density at radius 3 is 2.24 bits per heavy atom. The molecule has 6 atom stereocenters. The Morgan fingerprint density at radius 1 is 0.960 bits per heavy atom. The van der Waals surface area contributed by atoms with Crippen LogP contribution in [0.2, 0.25) is 0 Å². The molecule has 5 amide bonds. The molecule has 0 radical (unpaired) electrons. The highest BCUT2D eigenvalue weighted by molar-refractivity contribution is 6.38. The summed E-state index contributed by atoms with van der Waals surface area (Å²) in [6.07, 6.45) is 12.0. The first-order chi connectivity index (χ1) is 23.6. The standard InChI is InChI=1S/C37H55N7O6/c1-7-11-24(29(45)34(49)40-23-14-15-23)41-33(48)28-26-22(18-37(26,5)6)20-44(28)35(50)30(36(2,3)4)43-32(47)27(21-12-9-8-10-13-21)42-31(46)25-19-38-16-17-39-25/h16-17,19,21-24,26-28,30H,7-15,18,20H2,1-6H3,(H,40,49)(H,41,48)(H,42,46)(H,43,47)/t22?,24-,26-,27?,28-,30+/m0/s1. The minimum absolute atomic E-state index is 0.00601. The Labute approximate surface area is 295 Å². The Bertz CT molecular complexity index is 1450. The summed E-state index contributed by atoms with van der Waals surface area (Å²) in [4.78, 5) is 91.8. The van der Waals surface area contributed by atoms with Crippen LogP contribution in [0.3, 0.4) is 0 Å². The predicted molar refractivity (Wildman–Crippen MR) is 185 cm³/mol. The molecule has 50 heavy (non-hydrogen) atoms. The van der Waals surface area contributed by atoms with Crippen molar-refractivity contribution in [2.75, 3.05) is 6.54 Å². The molecule has 3 saturated carbocycles. The van der Waals surface area contributed by atoms with E-state index in [0.29, 0.717) is 19.4 Å². The number of hydrogen-bond donors (Lipinski definition) is 4. The van der Waals surface area contributed by atoms with E-state index in [1.807, 2.05) is 27.7 Å². The van der Waals surface area contributed by atoms with Crippen molar-refractivity contribution in [3.8, 4) is 0 Å². The summed E-state index contributed by atoms with van der Waals surface area (Å²) in [5.41, 5.74) is -0.885. The van der Waals surface area contributed by atoms with Crippen LogP contribution in [-0.2, 0) is 24.0 Å². The van der Waals surface area contributed by atoms with Gasteiger partial charge in [-0.15, -0.1) is 0 Å². The van der Waals surface area contributed by atoms with E-state index in [-0.39, 0.29) is 40.8 Å². The number of hydrogen-bond acceptors (Lipinski definition) is 8. The van der Waals surface area contributed by atoms with Crippen LogP contribution in [0.4, 0.5) is 0 Å². The molecule has 5 rings (SSSR count). The molecule has 13 heteroatoms. The molecule has 2 heterocycles. The lowest BCUT2D eigenvalue weighted by Crippen LogP contribution is -2.63. The molecule has 13 nitrogen and oxygen atoms in total. The fraction of sp³-hybridized carbons (Fsp3) is 0.730. The summed E-state index contributed by atoms with van der Waals surface area (Å²) in [7, 11) is 0. The van der Waals surface area contributed by atoms with Crippen molar-refractivity contribution in [3.63, 3.8) is 0 Å². The number of nitrogens with one attached hydrogen (secondary N) is 4. The molecule has 0 bridgehead atoms. The highest BCUT2D eigenvalue weighted by atomic mass is 16.2. The second-order valence-electron chi connectivity index (χ2n) is 16.6. The summed E-state index contributed by atoms with van der Waals surface area (Å²) in [5.74, 6) is -3.37. The lowest BCUT2D eigenvalue weighted by Gasteiger charge is -2.49. The van der Waals surface area contributed by atoms with Crippen LogP contribution in [0.25, 0.3) is 0 Å². The second-order valence-corrected chi connectivity index (χ2v) is 16.6. The smallest absolute Gasteiger partial charge is 0.289 e. The lowest BCUT2D eigenvalue weighted by molar-refractivity contribution is -0.147. The Morgan fingerprint density at radius 2 is 1.66 bits per heavy atom. The second kappa shape index (κ2) is 15.1. The largest absolute Gasteiger partial charge is 0.347 e. The van der Waals surface area contributed by atoms with Crippen molar-refractivity contribution in [2.45, 2.75) is 136 Å². The number of Topliss-reactive ketones (excluding diaryl/α,β-unsaturated/α-hetero) is 1. The zero-order valence-electron chi connectivity index (χ0n) is 30.4. The third-order valence-corrected chi connectivity index (χ3v) is 11.1. The van der Waals surface area contributed by atoms with Crippen LogP contribution < -0.4 is 21.3 Å². The highest BCUT2D eigenvalue weighted by Gasteiger charge is 2.61. The van der Waals surface area contributed by atoms with Gasteiger partial charge < -0.3 is 26.2 Å². The first kappa shape index (κ1) is 37.4. The maximum Gasteiger partial charge on any atom is 0.289 e. The van der Waals surface area contributed by atoms with E-state index >= 15 is 0 Å². The van der Waals surface area contributed by atoms with Gasteiger partial charge in [-0.25, -0.2) is 4.98 Å². The fourth-order valence-electron chi connectivity index (χ4n) is 8.37. The van der Waals surface area contributed by atoms with E-state index in [1.165, 1.54) is 18.6 Å². The summed E-state index contributed by atoms with van der Waals surface area (Å²) >= 11 is 0. The summed E-state index contributed by atoms with van der Waals surface area (Å²) in [6.45, 7) is 12.0. The molecule has 274 valence electrons. The maximum absolute atomic E-state index is 14.7. The van der Waals surface area contributed by atoms with E-state index in [2.05, 4.69) is 45.1 Å². The zero-order valence-corrected chi connectivity index (χ0v) is 30.4. The number of ketones is 1. The highest BCUT2D eigenvalue weighted by Crippen LogP contribution is 2.57. The van der Waals surface area contributed by atoms with Gasteiger partial charge in [-0.05, 0) is 67.1 Å². The number of nitrogens with zero attached hydrogens (tertiary/aromatic N) is 3. The molecule has 0 spiro atoms. The first-order valence-electron chi connectivity index (χ1n) is 18.4. The van der Waals surface area contributed by atoms with Gasteiger partial charge in [-0.1, -0.05) is 67.2 Å². The number of likely N-dealkylation sites (tertiary alicyclic amines) is 1. The average Bonchev–Trinajstić information content (AvgIpc) is 3.83. The van der Waals surface area contributed by atoms with Gasteiger partial charge in [0.15, 0.2) is 0 Å². The molecule has 4 aliphatic rings. The third kappa shape index (κ3) is 8.34. The van der Waals surface area contributed by atoms with Crippen molar-refractivity contribution in [1.29, 1.82) is 0 Å². The molecule has 4 N–H and O–H groups in total. The Kier molecular flexibility index (Phi) is 11.3. The summed E-state index contributed by atoms with van der Waals surface area (Å²) < 4.78 is 0. The topological polar surface area (TPSA) is 180 Å². The van der Waals surface area contributed by atoms with Crippen molar-refractivity contribution in [3.05, 3.63) is 24.3 Å². The van der Waals surface area contributed by atoms with Crippen LogP contribution in [0.1, 0.15) is 116 Å². The molecular formula is C37H55N7O6. The minimum atomic E-state index is -1.01. The number of carbonyl (C=O) groups excluding carboxylic acids is 6. The molecule has 1 aromatic heterocycles. The van der Waals surface area contributed by atoms with Crippen LogP contribution in [0.5, 0.6) is 0 Å². The van der Waals surface area contributed by atoms with Crippen molar-refractivity contribution in [2.24, 2.45) is 28.6 Å². The zero-order chi connectivity index (χ0) is 36.4. The monoisotopic (exact) mass is 693 g/mol. The van der Waals surface area contributed by atoms with Gasteiger partial charge in [0, 0.05) is 25.0 Å². The average molecular weight is 694 g/mol. The first-order valence-corrected chi connectivity index (χ1v) is 18.4. The minimum Gasteiger partial charge on any atom is -0.347 e. The Balaban J connectivity index is 1.38. The number of fused-ring (bicyclic) bond motifs is 1. The fourth-order valence-corrected chi connectivity index (χ4v) is 8.37. The number of rotatable bonds is 13. The summed E-state index contributed by atoms with van der Waals surface area (Å²) in [6, 6.07) is -3.77. The van der Waals surface area contributed by atoms with Crippen molar-refractivity contribution >= 4 is 35.3 Å². The van der Waals surface area contributed by atoms with E-state index in [9.17, 15) is 28.8 Å². The number of carbonyl (C=O) groups is 6. The van der Waals surface area contributed by atoms with Gasteiger partial charge in [0.2, 0.25) is 23.5 Å². The molecule has 0 aromatic carbocycles. The van der Waals surface area contributed by atoms with Gasteiger partial charge in [-0.3, -0.25) is 33.8 Å². The van der Waals surface area contributed by atoms with Crippen molar-refractivity contribution in [1.82, 2.24) is 36.1 Å². The van der Waals surface area contributed by atoms with Crippen LogP contribution >= 0.6 is 0 Å². The normalized spacial score (nSPS) is 24.8. The van der Waals surface area contributed by atoms with Crippen LogP contribution in [0.15, 0.2) is 18.6 Å². The third-order valence-electron chi connectivity index (χ3n) is 11.1. The van der Waals surface area contributed by atoms with Crippen molar-refractivity contribution < 1.29 is 28.8 Å². The van der Waals surface area contributed by atoms with E-state index in [0.717, 1.165) is 51.4 Å². The van der Waals surface area contributed by atoms with Gasteiger partial charge in [-0.2, -0.15) is 0 Å². The molecule has 1 saturated heterocycles. The lowest BCUT2D eigenvalue weighted by atomic mass is 9.55. The van der Waals surface area contributed by atoms with Gasteiger partial charge in [0.1, 0.15) is 23.8 Å². The van der Waals surface area contributed by atoms with Crippen LogP contribution in [0, 0.1) is 28.6 Å². The maximum atomic E-state index is 14.7.